The maximum atomic E-state index is 11.4. The van der Waals surface area contributed by atoms with Crippen molar-refractivity contribution in [3.05, 3.63) is 70.8 Å². The van der Waals surface area contributed by atoms with E-state index in [1.807, 2.05) is 0 Å². The second-order valence-electron chi connectivity index (χ2n) is 8.31. The lowest BCUT2D eigenvalue weighted by Crippen LogP contribution is -2.61. The molecule has 0 radical (unpaired) electrons. The number of ether oxygens (including phenoxy) is 1. The van der Waals surface area contributed by atoms with Gasteiger partial charge in [-0.15, -0.1) is 0 Å². The van der Waals surface area contributed by atoms with E-state index >= 15 is 0 Å². The Hall–Kier alpha value is -1.68. The summed E-state index contributed by atoms with van der Waals surface area (Å²) in [6, 6.07) is 17.8. The third-order valence-electron chi connectivity index (χ3n) is 5.81. The Morgan fingerprint density at radius 1 is 0.962 bits per heavy atom. The van der Waals surface area contributed by atoms with Crippen LogP contribution in [0.1, 0.15) is 35.1 Å². The molecule has 2 aromatic carbocycles. The molecule has 26 heavy (non-hydrogen) atoms. The zero-order valence-corrected chi connectivity index (χ0v) is 15.8. The van der Waals surface area contributed by atoms with Gasteiger partial charge in [0.15, 0.2) is 0 Å². The fourth-order valence-electron chi connectivity index (χ4n) is 4.89. The molecule has 2 aliphatic heterocycles. The molecule has 1 N–H and O–H groups in total. The third kappa shape index (κ3) is 3.85. The van der Waals surface area contributed by atoms with Crippen molar-refractivity contribution < 1.29 is 9.84 Å². The number of fused-ring (bicyclic) bond motifs is 2. The fraction of sp³-hybridized carbons (Fsp3) is 0.478. The first kappa shape index (κ1) is 17.7. The summed E-state index contributed by atoms with van der Waals surface area (Å²) in [6.07, 6.45) is 2.30. The number of hydrogen-bond donors (Lipinski definition) is 1. The van der Waals surface area contributed by atoms with Crippen molar-refractivity contribution in [1.29, 1.82) is 0 Å². The molecule has 2 fully saturated rings. The van der Waals surface area contributed by atoms with E-state index in [1.165, 1.54) is 22.3 Å². The van der Waals surface area contributed by atoms with Crippen LogP contribution in [0.15, 0.2) is 48.5 Å². The van der Waals surface area contributed by atoms with Gasteiger partial charge in [0.2, 0.25) is 0 Å². The van der Waals surface area contributed by atoms with Gasteiger partial charge in [0, 0.05) is 25.0 Å². The van der Waals surface area contributed by atoms with Gasteiger partial charge in [-0.2, -0.15) is 0 Å². The monoisotopic (exact) mass is 351 g/mol. The molecule has 2 heterocycles. The van der Waals surface area contributed by atoms with Crippen LogP contribution in [-0.4, -0.2) is 40.9 Å². The SMILES string of the molecule is Cc1cc(C)cc(CC2(O)CC3COCC(C2)N3Cc2ccccc2)c1. The minimum atomic E-state index is -0.632. The van der Waals surface area contributed by atoms with E-state index in [9.17, 15) is 5.11 Å². The Balaban J connectivity index is 1.51. The summed E-state index contributed by atoms with van der Waals surface area (Å²) in [7, 11) is 0. The second-order valence-corrected chi connectivity index (χ2v) is 8.31. The van der Waals surface area contributed by atoms with Crippen LogP contribution in [0.5, 0.6) is 0 Å². The Morgan fingerprint density at radius 3 is 2.19 bits per heavy atom. The lowest BCUT2D eigenvalue weighted by atomic mass is 9.77. The molecule has 138 valence electrons. The highest BCUT2D eigenvalue weighted by Crippen LogP contribution is 2.37. The molecule has 2 bridgehead atoms. The molecule has 3 nitrogen and oxygen atoms in total. The van der Waals surface area contributed by atoms with Crippen molar-refractivity contribution >= 4 is 0 Å². The first-order valence-electron chi connectivity index (χ1n) is 9.68. The van der Waals surface area contributed by atoms with Gasteiger partial charge in [0.05, 0.1) is 18.8 Å². The number of hydrogen-bond acceptors (Lipinski definition) is 3. The molecule has 3 heteroatoms. The quantitative estimate of drug-likeness (QED) is 0.913. The highest BCUT2D eigenvalue weighted by atomic mass is 16.5. The van der Waals surface area contributed by atoms with E-state index in [0.29, 0.717) is 12.1 Å². The van der Waals surface area contributed by atoms with Crippen molar-refractivity contribution in [2.75, 3.05) is 13.2 Å². The minimum Gasteiger partial charge on any atom is -0.389 e. The predicted molar refractivity (Wildman–Crippen MR) is 104 cm³/mol. The van der Waals surface area contributed by atoms with Crippen LogP contribution in [0.3, 0.4) is 0 Å². The summed E-state index contributed by atoms with van der Waals surface area (Å²) in [5.41, 5.74) is 4.50. The molecule has 2 aliphatic rings. The van der Waals surface area contributed by atoms with Crippen LogP contribution < -0.4 is 0 Å². The molecule has 2 unspecified atom stereocenters. The molecule has 4 rings (SSSR count). The maximum Gasteiger partial charge on any atom is 0.0719 e. The van der Waals surface area contributed by atoms with Crippen molar-refractivity contribution in [3.63, 3.8) is 0 Å². The Labute approximate surface area is 156 Å². The summed E-state index contributed by atoms with van der Waals surface area (Å²) >= 11 is 0. The van der Waals surface area contributed by atoms with E-state index in [0.717, 1.165) is 39.0 Å². The molecular formula is C23H29NO2. The molecular weight excluding hydrogens is 322 g/mol. The van der Waals surface area contributed by atoms with Crippen LogP contribution in [0.4, 0.5) is 0 Å². The van der Waals surface area contributed by atoms with Gasteiger partial charge in [-0.1, -0.05) is 59.7 Å². The summed E-state index contributed by atoms with van der Waals surface area (Å²) < 4.78 is 5.83. The number of aryl methyl sites for hydroxylation is 2. The zero-order valence-electron chi connectivity index (χ0n) is 15.8. The van der Waals surface area contributed by atoms with Crippen LogP contribution >= 0.6 is 0 Å². The average molecular weight is 351 g/mol. The first-order valence-corrected chi connectivity index (χ1v) is 9.68. The molecule has 0 spiro atoms. The normalized spacial score (nSPS) is 28.9. The Kier molecular flexibility index (Phi) is 4.87. The molecule has 2 aromatic rings. The van der Waals surface area contributed by atoms with Gasteiger partial charge in [0.25, 0.3) is 0 Å². The summed E-state index contributed by atoms with van der Waals surface area (Å²) in [4.78, 5) is 2.55. The van der Waals surface area contributed by atoms with Gasteiger partial charge in [0.1, 0.15) is 0 Å². The fourth-order valence-corrected chi connectivity index (χ4v) is 4.89. The van der Waals surface area contributed by atoms with Crippen LogP contribution in [0.25, 0.3) is 0 Å². The summed E-state index contributed by atoms with van der Waals surface area (Å²) in [5, 5.41) is 11.4. The van der Waals surface area contributed by atoms with Crippen molar-refractivity contribution in [1.82, 2.24) is 4.90 Å². The van der Waals surface area contributed by atoms with E-state index in [1.54, 1.807) is 0 Å². The van der Waals surface area contributed by atoms with Crippen LogP contribution in [0, 0.1) is 13.8 Å². The molecule has 2 atom stereocenters. The number of aliphatic hydroxyl groups is 1. The third-order valence-corrected chi connectivity index (χ3v) is 5.81. The van der Waals surface area contributed by atoms with E-state index in [-0.39, 0.29) is 0 Å². The van der Waals surface area contributed by atoms with E-state index in [2.05, 4.69) is 67.3 Å². The summed E-state index contributed by atoms with van der Waals surface area (Å²) in [6.45, 7) is 6.65. The first-order chi connectivity index (χ1) is 12.5. The van der Waals surface area contributed by atoms with Gasteiger partial charge in [-0.3, -0.25) is 4.90 Å². The predicted octanol–water partition coefficient (Wildman–Crippen LogP) is 3.64. The highest BCUT2D eigenvalue weighted by molar-refractivity contribution is 5.30. The van der Waals surface area contributed by atoms with Crippen molar-refractivity contribution in [2.24, 2.45) is 0 Å². The van der Waals surface area contributed by atoms with E-state index in [4.69, 9.17) is 4.74 Å². The Bertz CT molecular complexity index is 724. The van der Waals surface area contributed by atoms with Gasteiger partial charge in [-0.05, 0) is 37.8 Å². The lowest BCUT2D eigenvalue weighted by molar-refractivity contribution is -0.145. The number of rotatable bonds is 4. The molecule has 2 saturated heterocycles. The maximum absolute atomic E-state index is 11.4. The van der Waals surface area contributed by atoms with Crippen LogP contribution in [0.2, 0.25) is 0 Å². The average Bonchev–Trinajstić information content (AvgIpc) is 2.56. The standard InChI is InChI=1S/C23H29NO2/c1-17-8-18(2)10-20(9-17)11-23(25)12-21-15-26-16-22(13-23)24(21)14-19-6-4-3-5-7-19/h3-10,21-22,25H,11-16H2,1-2H3. The Morgan fingerprint density at radius 2 is 1.58 bits per heavy atom. The molecule has 0 amide bonds. The zero-order chi connectivity index (χ0) is 18.1. The van der Waals surface area contributed by atoms with Gasteiger partial charge < -0.3 is 9.84 Å². The van der Waals surface area contributed by atoms with Crippen LogP contribution in [-0.2, 0) is 17.7 Å². The lowest BCUT2D eigenvalue weighted by Gasteiger charge is -2.52. The second kappa shape index (κ2) is 7.15. The molecule has 0 saturated carbocycles. The highest BCUT2D eigenvalue weighted by Gasteiger charge is 2.45. The van der Waals surface area contributed by atoms with Crippen molar-refractivity contribution in [2.45, 2.75) is 57.3 Å². The number of piperidine rings is 1. The minimum absolute atomic E-state index is 0.290. The van der Waals surface area contributed by atoms with Crippen molar-refractivity contribution in [3.8, 4) is 0 Å². The number of morpholine rings is 1. The van der Waals surface area contributed by atoms with E-state index < -0.39 is 5.60 Å². The largest absolute Gasteiger partial charge is 0.389 e. The van der Waals surface area contributed by atoms with Gasteiger partial charge in [-0.25, -0.2) is 0 Å². The summed E-state index contributed by atoms with van der Waals surface area (Å²) in [5.74, 6) is 0. The topological polar surface area (TPSA) is 32.7 Å². The smallest absolute Gasteiger partial charge is 0.0719 e. The molecule has 0 aromatic heterocycles. The number of nitrogens with zero attached hydrogens (tertiary/aromatic N) is 1. The number of benzene rings is 2. The molecule has 0 aliphatic carbocycles. The van der Waals surface area contributed by atoms with Gasteiger partial charge >= 0.3 is 0 Å².